The fourth-order valence-electron chi connectivity index (χ4n) is 1.40. The minimum atomic E-state index is -4.50. The van der Waals surface area contributed by atoms with E-state index >= 15 is 0 Å². The number of hydrogen-bond donors (Lipinski definition) is 2. The Hall–Kier alpha value is 1.36. The summed E-state index contributed by atoms with van der Waals surface area (Å²) in [7, 11) is -4.50. The lowest BCUT2D eigenvalue weighted by molar-refractivity contribution is 0.0371. The van der Waals surface area contributed by atoms with Crippen molar-refractivity contribution in [2.24, 2.45) is 0 Å². The maximum atomic E-state index is 10.9. The molecule has 0 atom stereocenters. The Morgan fingerprint density at radius 3 is 1.88 bits per heavy atom. The highest BCUT2D eigenvalue weighted by Gasteiger charge is 2.36. The zero-order valence-corrected chi connectivity index (χ0v) is 13.6. The summed E-state index contributed by atoms with van der Waals surface area (Å²) in [6, 6.07) is 0. The Bertz CT molecular complexity index is 228. The average molecular weight is 402 g/mol. The molecule has 0 unspecified atom stereocenters. The molecular formula is C8H16Br2ClO4P. The zero-order valence-electron chi connectivity index (χ0n) is 8.74. The molecule has 0 aromatic heterocycles. The molecule has 2 N–H and O–H groups in total. The normalized spacial score (nSPS) is 13.1. The second-order valence-electron chi connectivity index (χ2n) is 3.48. The highest BCUT2D eigenvalue weighted by Crippen LogP contribution is 2.45. The number of alkyl halides is 3. The second-order valence-corrected chi connectivity index (χ2v) is 6.50. The molecule has 4 nitrogen and oxygen atoms in total. The van der Waals surface area contributed by atoms with Crippen molar-refractivity contribution in [3.63, 3.8) is 0 Å². The predicted octanol–water partition coefficient (Wildman–Crippen LogP) is 3.42. The van der Waals surface area contributed by atoms with E-state index in [0.29, 0.717) is 12.8 Å². The van der Waals surface area contributed by atoms with Gasteiger partial charge in [0.25, 0.3) is 0 Å². The summed E-state index contributed by atoms with van der Waals surface area (Å²) < 4.78 is 15.8. The van der Waals surface area contributed by atoms with E-state index in [9.17, 15) is 4.57 Å². The summed E-state index contributed by atoms with van der Waals surface area (Å²) in [6.07, 6.45) is 2.57. The maximum absolute atomic E-state index is 10.9. The number of halogens is 3. The van der Waals surface area contributed by atoms with Crippen LogP contribution in [0.15, 0.2) is 0 Å². The largest absolute Gasteiger partial charge is 0.470 e. The van der Waals surface area contributed by atoms with Crippen molar-refractivity contribution >= 4 is 51.3 Å². The first-order valence-corrected chi connectivity index (χ1v) is 9.14. The summed E-state index contributed by atoms with van der Waals surface area (Å²) in [4.78, 5) is 17.8. The number of hydrogen-bond acceptors (Lipinski definition) is 2. The van der Waals surface area contributed by atoms with Gasteiger partial charge in [0.15, 0.2) is 0 Å². The Labute approximate surface area is 118 Å². The lowest BCUT2D eigenvalue weighted by Crippen LogP contribution is -2.34. The topological polar surface area (TPSA) is 66.8 Å². The van der Waals surface area contributed by atoms with Gasteiger partial charge in [-0.05, 0) is 25.7 Å². The fraction of sp³-hybridized carbons (Fsp3) is 1.00. The van der Waals surface area contributed by atoms with Gasteiger partial charge in [-0.25, -0.2) is 4.57 Å². The predicted molar refractivity (Wildman–Crippen MR) is 72.6 cm³/mol. The van der Waals surface area contributed by atoms with E-state index in [1.165, 1.54) is 0 Å². The second kappa shape index (κ2) is 8.46. The smallest absolute Gasteiger partial charge is 0.303 e. The van der Waals surface area contributed by atoms with Crippen molar-refractivity contribution in [2.45, 2.75) is 31.3 Å². The first-order valence-electron chi connectivity index (χ1n) is 4.83. The van der Waals surface area contributed by atoms with E-state index < -0.39 is 13.4 Å². The maximum Gasteiger partial charge on any atom is 0.470 e. The van der Waals surface area contributed by atoms with Crippen LogP contribution in [0.25, 0.3) is 0 Å². The van der Waals surface area contributed by atoms with Crippen LogP contribution in [0.3, 0.4) is 0 Å². The van der Waals surface area contributed by atoms with Gasteiger partial charge in [0.2, 0.25) is 0 Å². The molecule has 0 aromatic rings. The van der Waals surface area contributed by atoms with Gasteiger partial charge in [-0.15, -0.1) is 11.6 Å². The molecule has 0 aliphatic rings. The van der Waals surface area contributed by atoms with Gasteiger partial charge in [0.1, 0.15) is 0 Å². The third-order valence-electron chi connectivity index (χ3n) is 2.09. The van der Waals surface area contributed by atoms with Gasteiger partial charge in [0, 0.05) is 10.7 Å². The molecule has 0 aliphatic heterocycles. The standard InChI is InChI=1S/C8H16Br2ClO4P/c9-5-1-3-8(7-11,4-2-6-10)15-16(12,13)14/h1-7H2,(H2,12,13,14). The van der Waals surface area contributed by atoms with Crippen molar-refractivity contribution < 1.29 is 18.9 Å². The molecule has 0 aromatic carbocycles. The Morgan fingerprint density at radius 2 is 1.62 bits per heavy atom. The Morgan fingerprint density at radius 1 is 1.19 bits per heavy atom. The summed E-state index contributed by atoms with van der Waals surface area (Å²) in [5, 5.41) is 1.51. The fourth-order valence-corrected chi connectivity index (χ4v) is 3.11. The highest BCUT2D eigenvalue weighted by molar-refractivity contribution is 9.09. The SMILES string of the molecule is O=P(O)(O)OC(CCl)(CCCBr)CCCBr. The van der Waals surface area contributed by atoms with Crippen LogP contribution >= 0.6 is 51.3 Å². The third-order valence-corrected chi connectivity index (χ3v) is 4.32. The molecule has 0 spiro atoms. The summed E-state index contributed by atoms with van der Waals surface area (Å²) in [5.74, 6) is 0.0815. The lowest BCUT2D eigenvalue weighted by atomic mass is 9.95. The highest BCUT2D eigenvalue weighted by atomic mass is 79.9. The molecule has 0 saturated carbocycles. The van der Waals surface area contributed by atoms with Gasteiger partial charge in [-0.2, -0.15) is 0 Å². The summed E-state index contributed by atoms with van der Waals surface area (Å²) in [5.41, 5.74) is -0.928. The van der Waals surface area contributed by atoms with Crippen molar-refractivity contribution in [1.29, 1.82) is 0 Å². The average Bonchev–Trinajstić information content (AvgIpc) is 2.20. The van der Waals surface area contributed by atoms with Gasteiger partial charge >= 0.3 is 7.82 Å². The zero-order chi connectivity index (χ0) is 12.7. The van der Waals surface area contributed by atoms with Crippen LogP contribution in [0.4, 0.5) is 0 Å². The van der Waals surface area contributed by atoms with E-state index in [4.69, 9.17) is 25.9 Å². The monoisotopic (exact) mass is 400 g/mol. The van der Waals surface area contributed by atoms with Gasteiger partial charge in [-0.3, -0.25) is 4.52 Å². The van der Waals surface area contributed by atoms with E-state index in [1.54, 1.807) is 0 Å². The van der Waals surface area contributed by atoms with Crippen LogP contribution in [0.5, 0.6) is 0 Å². The van der Waals surface area contributed by atoms with Crippen molar-refractivity contribution in [1.82, 2.24) is 0 Å². The molecule has 98 valence electrons. The van der Waals surface area contributed by atoms with Gasteiger partial charge < -0.3 is 9.79 Å². The first kappa shape index (κ1) is 17.4. The molecule has 0 bridgehead atoms. The molecule has 0 heterocycles. The quantitative estimate of drug-likeness (QED) is 0.458. The van der Waals surface area contributed by atoms with Crippen molar-refractivity contribution in [3.8, 4) is 0 Å². The minimum absolute atomic E-state index is 0.0815. The van der Waals surface area contributed by atoms with E-state index in [0.717, 1.165) is 23.5 Å². The number of phosphoric ester groups is 1. The Balaban J connectivity index is 4.59. The van der Waals surface area contributed by atoms with Crippen LogP contribution < -0.4 is 0 Å². The third kappa shape index (κ3) is 7.64. The molecule has 0 fully saturated rings. The molecule has 0 radical (unpaired) electrons. The number of phosphoric acid groups is 1. The molecule has 0 saturated heterocycles. The van der Waals surface area contributed by atoms with E-state index in [2.05, 4.69) is 31.9 Å². The lowest BCUT2D eigenvalue weighted by Gasteiger charge is -2.31. The Kier molecular flexibility index (Phi) is 9.18. The van der Waals surface area contributed by atoms with Crippen LogP contribution in [0.2, 0.25) is 0 Å². The van der Waals surface area contributed by atoms with Crippen LogP contribution in [-0.2, 0) is 9.09 Å². The first-order chi connectivity index (χ1) is 7.39. The number of rotatable bonds is 9. The van der Waals surface area contributed by atoms with Gasteiger partial charge in [0.05, 0.1) is 11.5 Å². The van der Waals surface area contributed by atoms with Crippen LogP contribution in [-0.4, -0.2) is 31.9 Å². The van der Waals surface area contributed by atoms with Crippen LogP contribution in [0, 0.1) is 0 Å². The van der Waals surface area contributed by atoms with E-state index in [-0.39, 0.29) is 5.88 Å². The molecule has 16 heavy (non-hydrogen) atoms. The summed E-state index contributed by atoms with van der Waals surface area (Å²) >= 11 is 12.4. The molecule has 8 heteroatoms. The molecule has 0 rings (SSSR count). The molecular weight excluding hydrogens is 386 g/mol. The minimum Gasteiger partial charge on any atom is -0.303 e. The van der Waals surface area contributed by atoms with Crippen molar-refractivity contribution in [3.05, 3.63) is 0 Å². The van der Waals surface area contributed by atoms with Crippen molar-refractivity contribution in [2.75, 3.05) is 16.5 Å². The van der Waals surface area contributed by atoms with Gasteiger partial charge in [-0.1, -0.05) is 31.9 Å². The molecule has 0 aliphatic carbocycles. The summed E-state index contributed by atoms with van der Waals surface area (Å²) in [6.45, 7) is 0. The molecule has 0 amide bonds. The van der Waals surface area contributed by atoms with E-state index in [1.807, 2.05) is 0 Å². The van der Waals surface area contributed by atoms with Crippen LogP contribution in [0.1, 0.15) is 25.7 Å².